The van der Waals surface area contributed by atoms with Crippen molar-refractivity contribution in [3.63, 3.8) is 0 Å². The molecule has 0 radical (unpaired) electrons. The molecule has 2 aliphatic rings. The largest absolute Gasteiger partial charge is 0.361 e. The lowest BCUT2D eigenvalue weighted by Crippen LogP contribution is -2.66. The number of hydrogen-bond acceptors (Lipinski definition) is 5. The number of hydrogen-bond donors (Lipinski definition) is 1. The SMILES string of the molecule is CC(Nc1nn(C)c(=O)c2cc(=O)n(C3(C)CN(C(=O)C4(F)CC4)C3)cc12)c1cccc(C(F)F)c1F. The fraction of sp³-hybridized carbons (Fsp3) is 0.440. The van der Waals surface area contributed by atoms with E-state index in [9.17, 15) is 31.9 Å². The van der Waals surface area contributed by atoms with Gasteiger partial charge in [0.2, 0.25) is 0 Å². The minimum absolute atomic E-state index is 0.0183. The molecule has 1 unspecified atom stereocenters. The Balaban J connectivity index is 1.52. The third-order valence-electron chi connectivity index (χ3n) is 7.20. The molecule has 1 atom stereocenters. The van der Waals surface area contributed by atoms with E-state index in [1.807, 2.05) is 0 Å². The Morgan fingerprint density at radius 2 is 1.78 bits per heavy atom. The molecular formula is C25H25F4N5O3. The molecule has 1 N–H and O–H groups in total. The van der Waals surface area contributed by atoms with Crippen LogP contribution in [0.4, 0.5) is 23.4 Å². The van der Waals surface area contributed by atoms with E-state index in [0.29, 0.717) is 0 Å². The zero-order valence-electron chi connectivity index (χ0n) is 20.4. The number of rotatable bonds is 6. The van der Waals surface area contributed by atoms with Crippen molar-refractivity contribution in [2.75, 3.05) is 18.4 Å². The van der Waals surface area contributed by atoms with E-state index < -0.39 is 52.1 Å². The van der Waals surface area contributed by atoms with Crippen LogP contribution in [0.3, 0.4) is 0 Å². The predicted octanol–water partition coefficient (Wildman–Crippen LogP) is 3.40. The summed E-state index contributed by atoms with van der Waals surface area (Å²) in [6.45, 7) is 3.54. The first kappa shape index (κ1) is 25.0. The van der Waals surface area contributed by atoms with E-state index >= 15 is 0 Å². The summed E-state index contributed by atoms with van der Waals surface area (Å²) in [5.41, 5.74) is -4.41. The average molecular weight is 519 g/mol. The Morgan fingerprint density at radius 1 is 1.14 bits per heavy atom. The maximum absolute atomic E-state index is 14.8. The summed E-state index contributed by atoms with van der Waals surface area (Å²) in [5, 5.41) is 7.53. The summed E-state index contributed by atoms with van der Waals surface area (Å²) in [6, 6.07) is 4.06. The van der Waals surface area contributed by atoms with Crippen LogP contribution < -0.4 is 16.4 Å². The van der Waals surface area contributed by atoms with Gasteiger partial charge in [0, 0.05) is 43.4 Å². The molecular weight excluding hydrogens is 494 g/mol. The summed E-state index contributed by atoms with van der Waals surface area (Å²) in [4.78, 5) is 39.5. The van der Waals surface area contributed by atoms with E-state index in [4.69, 9.17) is 0 Å². The van der Waals surface area contributed by atoms with Gasteiger partial charge in [0.25, 0.3) is 23.5 Å². The molecule has 0 bridgehead atoms. The summed E-state index contributed by atoms with van der Waals surface area (Å²) < 4.78 is 57.8. The molecule has 12 heteroatoms. The van der Waals surface area contributed by atoms with Crippen molar-refractivity contribution >= 4 is 22.5 Å². The van der Waals surface area contributed by atoms with Gasteiger partial charge in [0.05, 0.1) is 22.5 Å². The summed E-state index contributed by atoms with van der Waals surface area (Å²) in [6.07, 6.45) is -1.16. The molecule has 37 heavy (non-hydrogen) atoms. The highest BCUT2D eigenvalue weighted by atomic mass is 19.3. The normalized spacial score (nSPS) is 18.5. The molecule has 1 amide bonds. The molecule has 3 aromatic rings. The summed E-state index contributed by atoms with van der Waals surface area (Å²) in [5.74, 6) is -1.49. The maximum Gasteiger partial charge on any atom is 0.274 e. The van der Waals surface area contributed by atoms with E-state index in [-0.39, 0.29) is 48.1 Å². The average Bonchev–Trinajstić information content (AvgIpc) is 3.58. The van der Waals surface area contributed by atoms with Crippen molar-refractivity contribution < 1.29 is 22.4 Å². The first-order chi connectivity index (χ1) is 17.3. The van der Waals surface area contributed by atoms with Gasteiger partial charge in [0.15, 0.2) is 11.5 Å². The van der Waals surface area contributed by atoms with Gasteiger partial charge in [-0.3, -0.25) is 14.4 Å². The fourth-order valence-electron chi connectivity index (χ4n) is 4.88. The number of amides is 1. The van der Waals surface area contributed by atoms with Crippen molar-refractivity contribution in [3.8, 4) is 0 Å². The first-order valence-corrected chi connectivity index (χ1v) is 11.8. The molecule has 1 saturated heterocycles. The third kappa shape index (κ3) is 4.08. The lowest BCUT2D eigenvalue weighted by molar-refractivity contribution is -0.148. The molecule has 196 valence electrons. The summed E-state index contributed by atoms with van der Waals surface area (Å²) in [7, 11) is 1.39. The lowest BCUT2D eigenvalue weighted by Gasteiger charge is -2.49. The van der Waals surface area contributed by atoms with Crippen LogP contribution in [0.5, 0.6) is 0 Å². The van der Waals surface area contributed by atoms with E-state index in [1.165, 1.54) is 40.9 Å². The number of halogens is 4. The Labute approximate surface area is 208 Å². The van der Waals surface area contributed by atoms with Crippen LogP contribution in [0, 0.1) is 5.82 Å². The number of carbonyl (C=O) groups is 1. The third-order valence-corrected chi connectivity index (χ3v) is 7.20. The van der Waals surface area contributed by atoms with Gasteiger partial charge >= 0.3 is 0 Å². The van der Waals surface area contributed by atoms with Crippen LogP contribution in [-0.2, 0) is 17.4 Å². The number of carbonyl (C=O) groups excluding carboxylic acids is 1. The van der Waals surface area contributed by atoms with E-state index in [1.54, 1.807) is 13.8 Å². The second kappa shape index (κ2) is 8.42. The van der Waals surface area contributed by atoms with Crippen LogP contribution in [0.1, 0.15) is 50.3 Å². The quantitative estimate of drug-likeness (QED) is 0.505. The Kier molecular flexibility index (Phi) is 5.68. The number of nitrogens with one attached hydrogen (secondary N) is 1. The molecule has 2 fully saturated rings. The Bertz CT molecular complexity index is 1540. The maximum atomic E-state index is 14.8. The molecule has 5 rings (SSSR count). The number of pyridine rings is 1. The van der Waals surface area contributed by atoms with Crippen LogP contribution in [0.25, 0.3) is 10.8 Å². The summed E-state index contributed by atoms with van der Waals surface area (Å²) >= 11 is 0. The number of aryl methyl sites for hydroxylation is 1. The van der Waals surface area contributed by atoms with Gasteiger partial charge in [0.1, 0.15) is 5.82 Å². The molecule has 8 nitrogen and oxygen atoms in total. The number of likely N-dealkylation sites (tertiary alicyclic amines) is 1. The second-order valence-corrected chi connectivity index (χ2v) is 10.1. The van der Waals surface area contributed by atoms with Crippen molar-refractivity contribution in [1.29, 1.82) is 0 Å². The molecule has 3 heterocycles. The zero-order valence-corrected chi connectivity index (χ0v) is 20.4. The van der Waals surface area contributed by atoms with Crippen LogP contribution in [-0.4, -0.2) is 43.9 Å². The first-order valence-electron chi connectivity index (χ1n) is 11.8. The van der Waals surface area contributed by atoms with Gasteiger partial charge in [-0.2, -0.15) is 5.10 Å². The Hall–Kier alpha value is -3.70. The van der Waals surface area contributed by atoms with Crippen molar-refractivity contribution in [1.82, 2.24) is 19.2 Å². The minimum atomic E-state index is -2.99. The number of aromatic nitrogens is 3. The molecule has 1 aliphatic heterocycles. The standard InChI is InChI=1S/C25H25F4N5O3/c1-13(14-5-4-6-15(19(14)26)20(27)28)30-21-17-10-34(18(35)9-16(17)22(36)32(3)31-21)24(2)11-33(12-24)23(37)25(29)7-8-25/h4-6,9-10,13,20H,7-8,11-12H2,1-3H3,(H,30,31). The van der Waals surface area contributed by atoms with Gasteiger partial charge in [-0.25, -0.2) is 22.2 Å². The van der Waals surface area contributed by atoms with Crippen molar-refractivity contribution in [2.45, 2.75) is 50.4 Å². The molecule has 2 aromatic heterocycles. The van der Waals surface area contributed by atoms with E-state index in [0.717, 1.165) is 10.7 Å². The zero-order chi connectivity index (χ0) is 26.9. The molecule has 1 aliphatic carbocycles. The highest BCUT2D eigenvalue weighted by molar-refractivity contribution is 5.91. The van der Waals surface area contributed by atoms with Crippen molar-refractivity contribution in [3.05, 3.63) is 68.1 Å². The smallest absolute Gasteiger partial charge is 0.274 e. The number of alkyl halides is 3. The topological polar surface area (TPSA) is 89.2 Å². The van der Waals surface area contributed by atoms with Crippen LogP contribution >= 0.6 is 0 Å². The Morgan fingerprint density at radius 3 is 2.41 bits per heavy atom. The number of anilines is 1. The van der Waals surface area contributed by atoms with Crippen LogP contribution in [0.15, 0.2) is 40.1 Å². The second-order valence-electron chi connectivity index (χ2n) is 10.1. The molecule has 0 spiro atoms. The van der Waals surface area contributed by atoms with Crippen LogP contribution in [0.2, 0.25) is 0 Å². The highest BCUT2D eigenvalue weighted by Crippen LogP contribution is 2.44. The van der Waals surface area contributed by atoms with E-state index in [2.05, 4.69) is 10.4 Å². The number of nitrogens with zero attached hydrogens (tertiary/aromatic N) is 4. The lowest BCUT2D eigenvalue weighted by atomic mass is 9.90. The highest BCUT2D eigenvalue weighted by Gasteiger charge is 2.57. The predicted molar refractivity (Wildman–Crippen MR) is 128 cm³/mol. The molecule has 1 saturated carbocycles. The van der Waals surface area contributed by atoms with Crippen molar-refractivity contribution in [2.24, 2.45) is 7.05 Å². The van der Waals surface area contributed by atoms with Gasteiger partial charge < -0.3 is 14.8 Å². The molecule has 1 aromatic carbocycles. The number of fused-ring (bicyclic) bond motifs is 1. The number of benzene rings is 1. The monoisotopic (exact) mass is 519 g/mol. The van der Waals surface area contributed by atoms with Gasteiger partial charge in [-0.15, -0.1) is 0 Å². The minimum Gasteiger partial charge on any atom is -0.361 e. The fourth-order valence-corrected chi connectivity index (χ4v) is 4.88. The van der Waals surface area contributed by atoms with Gasteiger partial charge in [-0.1, -0.05) is 18.2 Å². The van der Waals surface area contributed by atoms with Gasteiger partial charge in [-0.05, 0) is 26.7 Å².